The molecule has 1 unspecified atom stereocenters. The van der Waals surface area contributed by atoms with Crippen LogP contribution in [0.3, 0.4) is 0 Å². The summed E-state index contributed by atoms with van der Waals surface area (Å²) in [5.74, 6) is 0.910. The van der Waals surface area contributed by atoms with E-state index in [-0.39, 0.29) is 0 Å². The second-order valence-electron chi connectivity index (χ2n) is 7.53. The molecule has 26 heavy (non-hydrogen) atoms. The van der Waals surface area contributed by atoms with Crippen molar-refractivity contribution in [2.45, 2.75) is 78.5 Å². The number of ether oxygens (including phenoxy) is 2. The van der Waals surface area contributed by atoms with E-state index >= 15 is 0 Å². The van der Waals surface area contributed by atoms with E-state index in [2.05, 4.69) is 55.1 Å². The first-order chi connectivity index (χ1) is 12.5. The van der Waals surface area contributed by atoms with Crippen LogP contribution in [0.1, 0.15) is 60.3 Å². The lowest BCUT2D eigenvalue weighted by atomic mass is 10.2. The number of hydrogen-bond donors (Lipinski definition) is 2. The molecule has 1 aliphatic rings. The molecule has 1 rings (SSSR count). The summed E-state index contributed by atoms with van der Waals surface area (Å²) in [4.78, 5) is 7.16. The van der Waals surface area contributed by atoms with Crippen molar-refractivity contribution in [2.24, 2.45) is 4.99 Å². The van der Waals surface area contributed by atoms with Crippen molar-refractivity contribution >= 4 is 5.96 Å². The van der Waals surface area contributed by atoms with Crippen LogP contribution >= 0.6 is 0 Å². The van der Waals surface area contributed by atoms with Crippen LogP contribution in [0.4, 0.5) is 0 Å². The third-order valence-corrected chi connectivity index (χ3v) is 4.60. The number of aliphatic imine (C=N–C) groups is 1. The van der Waals surface area contributed by atoms with E-state index in [1.54, 1.807) is 0 Å². The smallest absolute Gasteiger partial charge is 0.191 e. The van der Waals surface area contributed by atoms with Crippen LogP contribution < -0.4 is 10.6 Å². The molecule has 0 aromatic heterocycles. The lowest BCUT2D eigenvalue weighted by Crippen LogP contribution is -2.41. The van der Waals surface area contributed by atoms with E-state index in [4.69, 9.17) is 9.47 Å². The standard InChI is InChI=1S/C20H42N4O2/c1-6-21-20(22-11-8-13-24(17(2)3)18(4)5)23-12-9-14-25-16-19-10-7-15-26-19/h17-19H,6-16H2,1-5H3,(H2,21,22,23). The average molecular weight is 371 g/mol. The van der Waals surface area contributed by atoms with Crippen LogP contribution in [0, 0.1) is 0 Å². The summed E-state index contributed by atoms with van der Waals surface area (Å²) in [6.45, 7) is 17.2. The molecule has 0 amide bonds. The first kappa shape index (κ1) is 23.2. The Morgan fingerprint density at radius 3 is 2.58 bits per heavy atom. The maximum Gasteiger partial charge on any atom is 0.191 e. The van der Waals surface area contributed by atoms with Crippen LogP contribution in [-0.4, -0.2) is 75.0 Å². The van der Waals surface area contributed by atoms with Gasteiger partial charge in [-0.1, -0.05) is 0 Å². The minimum Gasteiger partial charge on any atom is -0.379 e. The molecule has 1 aliphatic heterocycles. The van der Waals surface area contributed by atoms with Crippen LogP contribution in [0.15, 0.2) is 4.99 Å². The Morgan fingerprint density at radius 1 is 1.19 bits per heavy atom. The Morgan fingerprint density at radius 2 is 1.96 bits per heavy atom. The van der Waals surface area contributed by atoms with E-state index in [1.807, 2.05) is 0 Å². The van der Waals surface area contributed by atoms with Crippen LogP contribution in [-0.2, 0) is 9.47 Å². The summed E-state index contributed by atoms with van der Waals surface area (Å²) in [7, 11) is 0. The number of rotatable bonds is 13. The minimum atomic E-state index is 0.314. The van der Waals surface area contributed by atoms with E-state index in [0.717, 1.165) is 71.2 Å². The molecule has 0 aromatic rings. The van der Waals surface area contributed by atoms with Crippen LogP contribution in [0.2, 0.25) is 0 Å². The molecule has 2 N–H and O–H groups in total. The number of nitrogens with one attached hydrogen (secondary N) is 2. The zero-order chi connectivity index (χ0) is 19.2. The van der Waals surface area contributed by atoms with Gasteiger partial charge in [0.25, 0.3) is 0 Å². The SMILES string of the molecule is CCNC(=NCCCOCC1CCCO1)NCCCN(C(C)C)C(C)C. The topological polar surface area (TPSA) is 58.1 Å². The Hall–Kier alpha value is -0.850. The number of guanidine groups is 1. The summed E-state index contributed by atoms with van der Waals surface area (Å²) in [5.41, 5.74) is 0. The zero-order valence-corrected chi connectivity index (χ0v) is 17.7. The highest BCUT2D eigenvalue weighted by atomic mass is 16.5. The first-order valence-corrected chi connectivity index (χ1v) is 10.5. The maximum absolute atomic E-state index is 5.69. The highest BCUT2D eigenvalue weighted by molar-refractivity contribution is 5.79. The fourth-order valence-corrected chi connectivity index (χ4v) is 3.27. The van der Waals surface area contributed by atoms with Gasteiger partial charge in [0.05, 0.1) is 12.7 Å². The zero-order valence-electron chi connectivity index (χ0n) is 17.7. The summed E-state index contributed by atoms with van der Waals surface area (Å²) < 4.78 is 11.2. The van der Waals surface area contributed by atoms with Gasteiger partial charge in [-0.25, -0.2) is 0 Å². The van der Waals surface area contributed by atoms with E-state index in [9.17, 15) is 0 Å². The van der Waals surface area contributed by atoms with Crippen LogP contribution in [0.5, 0.6) is 0 Å². The average Bonchev–Trinajstić information content (AvgIpc) is 3.10. The van der Waals surface area contributed by atoms with Crippen LogP contribution in [0.25, 0.3) is 0 Å². The fraction of sp³-hybridized carbons (Fsp3) is 0.950. The van der Waals surface area contributed by atoms with Gasteiger partial charge < -0.3 is 20.1 Å². The molecule has 154 valence electrons. The number of nitrogens with zero attached hydrogens (tertiary/aromatic N) is 2. The molecule has 6 nitrogen and oxygen atoms in total. The predicted octanol–water partition coefficient (Wildman–Crippen LogP) is 2.64. The van der Waals surface area contributed by atoms with E-state index < -0.39 is 0 Å². The van der Waals surface area contributed by atoms with Crippen molar-refractivity contribution in [2.75, 3.05) is 46.0 Å². The molecular formula is C20H42N4O2. The van der Waals surface area contributed by atoms with Gasteiger partial charge in [0, 0.05) is 51.5 Å². The van der Waals surface area contributed by atoms with Gasteiger partial charge in [-0.2, -0.15) is 0 Å². The molecule has 6 heteroatoms. The van der Waals surface area contributed by atoms with Crippen molar-refractivity contribution in [1.82, 2.24) is 15.5 Å². The largest absolute Gasteiger partial charge is 0.379 e. The summed E-state index contributed by atoms with van der Waals surface area (Å²) in [6, 6.07) is 1.18. The summed E-state index contributed by atoms with van der Waals surface area (Å²) in [6.07, 6.45) is 4.68. The second-order valence-corrected chi connectivity index (χ2v) is 7.53. The van der Waals surface area contributed by atoms with Crippen molar-refractivity contribution in [3.05, 3.63) is 0 Å². The van der Waals surface area contributed by atoms with Crippen molar-refractivity contribution in [1.29, 1.82) is 0 Å². The van der Waals surface area contributed by atoms with Gasteiger partial charge in [-0.05, 0) is 60.3 Å². The molecule has 1 atom stereocenters. The molecule has 0 saturated carbocycles. The Balaban J connectivity index is 2.15. The monoisotopic (exact) mass is 370 g/mol. The van der Waals surface area contributed by atoms with Gasteiger partial charge in [0.15, 0.2) is 5.96 Å². The molecule has 0 aliphatic carbocycles. The summed E-state index contributed by atoms with van der Waals surface area (Å²) in [5, 5.41) is 6.76. The highest BCUT2D eigenvalue weighted by Crippen LogP contribution is 2.11. The Bertz CT molecular complexity index is 361. The van der Waals surface area contributed by atoms with Crippen molar-refractivity contribution in [3.8, 4) is 0 Å². The molecule has 0 aromatic carbocycles. The molecule has 0 bridgehead atoms. The van der Waals surface area contributed by atoms with Gasteiger partial charge in [-0.15, -0.1) is 0 Å². The van der Waals surface area contributed by atoms with E-state index in [1.165, 1.54) is 6.42 Å². The summed E-state index contributed by atoms with van der Waals surface area (Å²) >= 11 is 0. The molecular weight excluding hydrogens is 328 g/mol. The van der Waals surface area contributed by atoms with Gasteiger partial charge >= 0.3 is 0 Å². The Kier molecular flexibility index (Phi) is 12.7. The molecule has 0 spiro atoms. The molecule has 1 heterocycles. The van der Waals surface area contributed by atoms with Crippen molar-refractivity contribution < 1.29 is 9.47 Å². The molecule has 1 fully saturated rings. The van der Waals surface area contributed by atoms with Gasteiger partial charge in [0.2, 0.25) is 0 Å². The molecule has 1 saturated heterocycles. The highest BCUT2D eigenvalue weighted by Gasteiger charge is 2.15. The fourth-order valence-electron chi connectivity index (χ4n) is 3.27. The minimum absolute atomic E-state index is 0.314. The lowest BCUT2D eigenvalue weighted by molar-refractivity contribution is 0.0171. The van der Waals surface area contributed by atoms with E-state index in [0.29, 0.717) is 18.2 Å². The Labute approximate surface area is 161 Å². The third kappa shape index (κ3) is 10.3. The van der Waals surface area contributed by atoms with Gasteiger partial charge in [-0.3, -0.25) is 9.89 Å². The predicted molar refractivity (Wildman–Crippen MR) is 110 cm³/mol. The van der Waals surface area contributed by atoms with Gasteiger partial charge in [0.1, 0.15) is 0 Å². The number of hydrogen-bond acceptors (Lipinski definition) is 4. The normalized spacial score (nSPS) is 18.3. The molecule has 0 radical (unpaired) electrons. The lowest BCUT2D eigenvalue weighted by Gasteiger charge is -2.30. The first-order valence-electron chi connectivity index (χ1n) is 10.5. The third-order valence-electron chi connectivity index (χ3n) is 4.60. The quantitative estimate of drug-likeness (QED) is 0.296. The van der Waals surface area contributed by atoms with Crippen molar-refractivity contribution in [3.63, 3.8) is 0 Å². The second kappa shape index (κ2) is 14.2. The maximum atomic E-state index is 5.69.